The maximum Gasteiger partial charge on any atom is 0.346 e. The summed E-state index contributed by atoms with van der Waals surface area (Å²) in [6.07, 6.45) is 1.91. The summed E-state index contributed by atoms with van der Waals surface area (Å²) in [6.45, 7) is 0.0635. The first kappa shape index (κ1) is 18.2. The van der Waals surface area contributed by atoms with E-state index < -0.39 is 21.6 Å². The van der Waals surface area contributed by atoms with Crippen LogP contribution in [0.5, 0.6) is 0 Å². The third-order valence-corrected chi connectivity index (χ3v) is 5.27. The number of sulfonamides is 1. The highest BCUT2D eigenvalue weighted by atomic mass is 32.2. The van der Waals surface area contributed by atoms with Gasteiger partial charge in [0.05, 0.1) is 15.8 Å². The molecule has 9 heteroatoms. The molecule has 1 aromatic heterocycles. The smallest absolute Gasteiger partial charge is 0.346 e. The van der Waals surface area contributed by atoms with E-state index in [2.05, 4.69) is 4.98 Å². The molecule has 2 heterocycles. The van der Waals surface area contributed by atoms with Crippen LogP contribution in [0.2, 0.25) is 0 Å². The van der Waals surface area contributed by atoms with Gasteiger partial charge in [0.2, 0.25) is 22.7 Å². The van der Waals surface area contributed by atoms with Crippen LogP contribution in [-0.4, -0.2) is 20.2 Å². The average Bonchev–Trinajstić information content (AvgIpc) is 3.20. The molecule has 0 spiro atoms. The molecule has 0 bridgehead atoms. The summed E-state index contributed by atoms with van der Waals surface area (Å²) in [5, 5.41) is 5.34. The van der Waals surface area contributed by atoms with Crippen molar-refractivity contribution in [1.29, 1.82) is 0 Å². The van der Waals surface area contributed by atoms with Crippen molar-refractivity contribution in [2.45, 2.75) is 17.2 Å². The van der Waals surface area contributed by atoms with E-state index in [1.54, 1.807) is 0 Å². The fourth-order valence-electron chi connectivity index (χ4n) is 2.99. The van der Waals surface area contributed by atoms with Crippen LogP contribution in [0.15, 0.2) is 74.7 Å². The van der Waals surface area contributed by atoms with Crippen molar-refractivity contribution in [1.82, 2.24) is 4.98 Å². The first-order valence-electron chi connectivity index (χ1n) is 8.38. The van der Waals surface area contributed by atoms with E-state index in [0.717, 1.165) is 5.56 Å². The molecule has 1 atom stereocenters. The Labute approximate surface area is 160 Å². The molecule has 1 aliphatic heterocycles. The zero-order valence-corrected chi connectivity index (χ0v) is 15.4. The van der Waals surface area contributed by atoms with Gasteiger partial charge < -0.3 is 13.9 Å². The predicted octanol–water partition coefficient (Wildman–Crippen LogP) is 2.01. The van der Waals surface area contributed by atoms with Gasteiger partial charge in [-0.3, -0.25) is 0 Å². The lowest BCUT2D eigenvalue weighted by Crippen LogP contribution is -2.15. The van der Waals surface area contributed by atoms with Gasteiger partial charge in [0, 0.05) is 0 Å². The van der Waals surface area contributed by atoms with Crippen LogP contribution in [0.3, 0.4) is 0 Å². The Morgan fingerprint density at radius 3 is 2.61 bits per heavy atom. The maximum absolute atomic E-state index is 12.5. The molecular formula is C19H16N2O6S. The van der Waals surface area contributed by atoms with E-state index in [1.807, 2.05) is 30.3 Å². The Balaban J connectivity index is 1.84. The second-order valence-electron chi connectivity index (χ2n) is 6.25. The fourth-order valence-corrected chi connectivity index (χ4v) is 3.52. The van der Waals surface area contributed by atoms with E-state index in [4.69, 9.17) is 19.0 Å². The van der Waals surface area contributed by atoms with Crippen molar-refractivity contribution in [3.8, 4) is 0 Å². The molecule has 0 saturated heterocycles. The van der Waals surface area contributed by atoms with Gasteiger partial charge in [-0.05, 0) is 30.2 Å². The highest BCUT2D eigenvalue weighted by Crippen LogP contribution is 2.31. The number of rotatable bonds is 5. The molecule has 3 aromatic rings. The molecule has 0 fully saturated rings. The van der Waals surface area contributed by atoms with E-state index in [1.165, 1.54) is 24.5 Å². The quantitative estimate of drug-likeness (QED) is 0.695. The Kier molecular flexibility index (Phi) is 4.62. The van der Waals surface area contributed by atoms with Gasteiger partial charge in [0.1, 0.15) is 17.9 Å². The van der Waals surface area contributed by atoms with Crippen LogP contribution < -0.4 is 10.8 Å². The molecule has 2 aromatic carbocycles. The summed E-state index contributed by atoms with van der Waals surface area (Å²) in [6, 6.07) is 13.4. The van der Waals surface area contributed by atoms with Crippen LogP contribution in [0.25, 0.3) is 10.9 Å². The molecule has 0 amide bonds. The van der Waals surface area contributed by atoms with Gasteiger partial charge >= 0.3 is 5.63 Å². The standard InChI is InChI=1S/C19H16N2O6S/c20-28(23,24)13-6-7-14-16(9-13)21-18(27-19(14)22)15(17-10-25-11-26-17)8-12-4-2-1-3-5-12/h1-7,9-10,15H,8,11H2,(H2,20,23,24). The number of benzene rings is 2. The largest absolute Gasteiger partial charge is 0.462 e. The summed E-state index contributed by atoms with van der Waals surface area (Å²) in [7, 11) is -3.93. The lowest BCUT2D eigenvalue weighted by Gasteiger charge is -2.15. The molecule has 0 aliphatic carbocycles. The predicted molar refractivity (Wildman–Crippen MR) is 99.7 cm³/mol. The Morgan fingerprint density at radius 1 is 1.14 bits per heavy atom. The molecule has 8 nitrogen and oxygen atoms in total. The molecule has 2 N–H and O–H groups in total. The lowest BCUT2D eigenvalue weighted by atomic mass is 9.97. The van der Waals surface area contributed by atoms with E-state index in [0.29, 0.717) is 12.2 Å². The topological polar surface area (TPSA) is 122 Å². The van der Waals surface area contributed by atoms with E-state index in [-0.39, 0.29) is 28.5 Å². The number of ether oxygens (including phenoxy) is 2. The minimum atomic E-state index is -3.93. The van der Waals surface area contributed by atoms with Crippen molar-refractivity contribution < 1.29 is 22.3 Å². The summed E-state index contributed by atoms with van der Waals surface area (Å²) >= 11 is 0. The number of allylic oxidation sites excluding steroid dienone is 1. The minimum Gasteiger partial charge on any atom is -0.462 e. The van der Waals surface area contributed by atoms with Gasteiger partial charge in [0.15, 0.2) is 0 Å². The second-order valence-corrected chi connectivity index (χ2v) is 7.82. The Morgan fingerprint density at radius 2 is 1.93 bits per heavy atom. The number of nitrogens with zero attached hydrogens (tertiary/aromatic N) is 1. The monoisotopic (exact) mass is 400 g/mol. The number of aromatic nitrogens is 1. The normalized spacial score (nSPS) is 15.0. The molecule has 0 radical (unpaired) electrons. The molecule has 28 heavy (non-hydrogen) atoms. The Bertz CT molecular complexity index is 1220. The highest BCUT2D eigenvalue weighted by Gasteiger charge is 2.27. The summed E-state index contributed by atoms with van der Waals surface area (Å²) in [4.78, 5) is 16.7. The van der Waals surface area contributed by atoms with Crippen molar-refractivity contribution in [2.24, 2.45) is 5.14 Å². The van der Waals surface area contributed by atoms with Gasteiger partial charge in [-0.25, -0.2) is 23.3 Å². The van der Waals surface area contributed by atoms with Gasteiger partial charge in [0.25, 0.3) is 0 Å². The highest BCUT2D eigenvalue weighted by molar-refractivity contribution is 7.89. The maximum atomic E-state index is 12.5. The lowest BCUT2D eigenvalue weighted by molar-refractivity contribution is 0.0736. The second kappa shape index (κ2) is 7.10. The number of hydrogen-bond donors (Lipinski definition) is 1. The molecule has 1 aliphatic rings. The van der Waals surface area contributed by atoms with Crippen LogP contribution in [0.1, 0.15) is 17.4 Å². The summed E-state index contributed by atoms with van der Waals surface area (Å²) in [5.41, 5.74) is 0.528. The number of primary sulfonamides is 1. The van der Waals surface area contributed by atoms with Crippen molar-refractivity contribution >= 4 is 20.9 Å². The molecular weight excluding hydrogens is 384 g/mol. The number of hydrogen-bond acceptors (Lipinski definition) is 7. The van der Waals surface area contributed by atoms with Crippen LogP contribution >= 0.6 is 0 Å². The SMILES string of the molecule is NS(=O)(=O)c1ccc2c(=O)oc(C(Cc3ccccc3)C3=COCO3)nc2c1. The first-order chi connectivity index (χ1) is 13.4. The number of fused-ring (bicyclic) bond motifs is 1. The summed E-state index contributed by atoms with van der Waals surface area (Å²) in [5.74, 6) is 0.0614. The zero-order chi connectivity index (χ0) is 19.7. The fraction of sp³-hybridized carbons (Fsp3) is 0.158. The van der Waals surface area contributed by atoms with E-state index >= 15 is 0 Å². The Hall–Kier alpha value is -3.17. The van der Waals surface area contributed by atoms with Crippen molar-refractivity contribution in [3.05, 3.63) is 82.4 Å². The minimum absolute atomic E-state index is 0.0635. The summed E-state index contributed by atoms with van der Waals surface area (Å²) < 4.78 is 39.3. The van der Waals surface area contributed by atoms with Crippen molar-refractivity contribution in [2.75, 3.05) is 6.79 Å². The third kappa shape index (κ3) is 3.62. The first-order valence-corrected chi connectivity index (χ1v) is 9.92. The molecule has 4 rings (SSSR count). The van der Waals surface area contributed by atoms with Crippen LogP contribution in [0, 0.1) is 0 Å². The van der Waals surface area contributed by atoms with Crippen LogP contribution in [0.4, 0.5) is 0 Å². The van der Waals surface area contributed by atoms with Gasteiger partial charge in [-0.15, -0.1) is 0 Å². The molecule has 1 unspecified atom stereocenters. The molecule has 0 saturated carbocycles. The van der Waals surface area contributed by atoms with Gasteiger partial charge in [-0.2, -0.15) is 0 Å². The zero-order valence-electron chi connectivity index (χ0n) is 14.6. The van der Waals surface area contributed by atoms with Gasteiger partial charge in [-0.1, -0.05) is 30.3 Å². The van der Waals surface area contributed by atoms with Crippen molar-refractivity contribution in [3.63, 3.8) is 0 Å². The van der Waals surface area contributed by atoms with E-state index in [9.17, 15) is 13.2 Å². The third-order valence-electron chi connectivity index (χ3n) is 4.36. The average molecular weight is 400 g/mol. The molecule has 144 valence electrons. The number of nitrogens with two attached hydrogens (primary N) is 1. The van der Waals surface area contributed by atoms with Crippen LogP contribution in [-0.2, 0) is 25.9 Å².